The van der Waals surface area contributed by atoms with Crippen molar-refractivity contribution in [2.75, 3.05) is 14.7 Å². The molecule has 15 rings (SSSR count). The molecule has 0 saturated heterocycles. The molecule has 0 saturated carbocycles. The van der Waals surface area contributed by atoms with Gasteiger partial charge in [-0.25, -0.2) is 0 Å². The highest BCUT2D eigenvalue weighted by Gasteiger charge is 2.51. The molecule has 4 nitrogen and oxygen atoms in total. The van der Waals surface area contributed by atoms with Crippen LogP contribution in [0.25, 0.3) is 31.1 Å². The third-order valence-corrected chi connectivity index (χ3v) is 21.8. The van der Waals surface area contributed by atoms with Crippen LogP contribution < -0.4 is 31.3 Å². The second-order valence-electron chi connectivity index (χ2n) is 28.7. The number of fused-ring (bicyclic) bond motifs is 12. The fraction of sp³-hybridized carbons (Fsp3) is 0.333. The molecule has 0 unspecified atom stereocenters. The molecular weight excluding hydrogens is 1000 g/mol. The molecule has 10 aromatic rings. The molecule has 4 heterocycles. The molecule has 406 valence electrons. The Morgan fingerprint density at radius 3 is 1.67 bits per heavy atom. The van der Waals surface area contributed by atoms with Crippen LogP contribution in [0.15, 0.2) is 156 Å². The molecule has 2 aliphatic heterocycles. The first-order valence-electron chi connectivity index (χ1n) is 31.3. The third-order valence-electron chi connectivity index (χ3n) is 20.7. The van der Waals surface area contributed by atoms with Gasteiger partial charge in [0.1, 0.15) is 5.58 Å². The Bertz CT molecular complexity index is 4410. The van der Waals surface area contributed by atoms with Gasteiger partial charge in [-0.2, -0.15) is 0 Å². The number of thiophene rings is 1. The number of nitrogens with zero attached hydrogens (tertiary/aromatic N) is 3. The standard InChI is InChI=1S/C75H76BN3OS/c1-45-23-25-47(26-24-45)79-63-39-50(77(46-19-15-14-16-20-46)49-27-29-52-51-21-17-18-22-65(51)81-66(52)40-49)38-62-67(63)76(69-68(79)53-41-56-59(44-64(53)80-69)75(12,13)36-33-72(56,6)7)60-42-57-58(74(10,11)35-34-73(57,8)9)43-61(60)78(62)48-28-30-54-55(37-48)71(4,5)32-31-70(54,2)3/h14-30,37-44H,31-36H2,1-13H3/i1D3. The number of benzene rings is 8. The van der Waals surface area contributed by atoms with Gasteiger partial charge in [-0.05, 0) is 207 Å². The predicted octanol–water partition coefficient (Wildman–Crippen LogP) is 19.7. The highest BCUT2D eigenvalue weighted by Crippen LogP contribution is 2.56. The molecule has 0 fully saturated rings. The lowest BCUT2D eigenvalue weighted by atomic mass is 9.35. The van der Waals surface area contributed by atoms with E-state index >= 15 is 0 Å². The molecule has 2 aromatic heterocycles. The highest BCUT2D eigenvalue weighted by molar-refractivity contribution is 7.25. The number of rotatable bonds is 5. The topological polar surface area (TPSA) is 22.9 Å². The van der Waals surface area contributed by atoms with Crippen LogP contribution in [0.5, 0.6) is 0 Å². The van der Waals surface area contributed by atoms with E-state index in [1.54, 1.807) is 0 Å². The summed E-state index contributed by atoms with van der Waals surface area (Å²) in [6.45, 7) is 26.6. The Morgan fingerprint density at radius 2 is 1.00 bits per heavy atom. The molecular formula is C75H76BN3OS. The highest BCUT2D eigenvalue weighted by atomic mass is 32.1. The molecule has 0 spiro atoms. The lowest BCUT2D eigenvalue weighted by Gasteiger charge is -2.47. The number of hydrogen-bond donors (Lipinski definition) is 0. The summed E-state index contributed by atoms with van der Waals surface area (Å²) >= 11 is 1.85. The first kappa shape index (κ1) is 47.6. The number of aryl methyl sites for hydroxylation is 1. The van der Waals surface area contributed by atoms with Gasteiger partial charge >= 0.3 is 0 Å². The summed E-state index contributed by atoms with van der Waals surface area (Å²) in [5, 5.41) is 3.60. The van der Waals surface area contributed by atoms with E-state index in [2.05, 4.69) is 225 Å². The first-order valence-corrected chi connectivity index (χ1v) is 30.6. The Morgan fingerprint density at radius 1 is 0.444 bits per heavy atom. The van der Waals surface area contributed by atoms with Crippen molar-refractivity contribution >= 4 is 117 Å². The van der Waals surface area contributed by atoms with Crippen LogP contribution in [-0.4, -0.2) is 6.71 Å². The molecule has 0 radical (unpaired) electrons. The van der Waals surface area contributed by atoms with Gasteiger partial charge in [-0.1, -0.05) is 155 Å². The van der Waals surface area contributed by atoms with Gasteiger partial charge in [0, 0.05) is 69.5 Å². The van der Waals surface area contributed by atoms with E-state index < -0.39 is 6.85 Å². The van der Waals surface area contributed by atoms with Gasteiger partial charge in [0.2, 0.25) is 0 Å². The van der Waals surface area contributed by atoms with Crippen molar-refractivity contribution in [2.24, 2.45) is 0 Å². The van der Waals surface area contributed by atoms with E-state index in [4.69, 9.17) is 8.53 Å². The molecule has 3 aliphatic carbocycles. The summed E-state index contributed by atoms with van der Waals surface area (Å²) in [5.41, 5.74) is 22.2. The maximum absolute atomic E-state index is 8.56. The van der Waals surface area contributed by atoms with Gasteiger partial charge in [0.25, 0.3) is 6.71 Å². The van der Waals surface area contributed by atoms with Crippen LogP contribution in [-0.2, 0) is 32.5 Å². The van der Waals surface area contributed by atoms with Crippen molar-refractivity contribution < 1.29 is 8.53 Å². The first-order chi connectivity index (χ1) is 39.7. The van der Waals surface area contributed by atoms with Crippen molar-refractivity contribution in [1.29, 1.82) is 0 Å². The molecule has 0 atom stereocenters. The number of anilines is 9. The average Bonchev–Trinajstić information content (AvgIpc) is 1.20. The Hall–Kier alpha value is -7.02. The zero-order valence-electron chi connectivity index (χ0n) is 52.4. The quantitative estimate of drug-likeness (QED) is 0.160. The van der Waals surface area contributed by atoms with Gasteiger partial charge in [-0.3, -0.25) is 0 Å². The zero-order chi connectivity index (χ0) is 58.6. The molecule has 0 amide bonds. The summed E-state index contributed by atoms with van der Waals surface area (Å²) in [5.74, 6) is 0. The monoisotopic (exact) mass is 1080 g/mol. The molecule has 5 aliphatic rings. The number of para-hydroxylation sites is 1. The molecule has 6 heteroatoms. The Labute approximate surface area is 489 Å². The minimum absolute atomic E-state index is 0.0324. The number of furan rings is 1. The normalized spacial score (nSPS) is 19.9. The smallest absolute Gasteiger partial charge is 0.297 e. The van der Waals surface area contributed by atoms with E-state index in [0.29, 0.717) is 5.56 Å². The lowest BCUT2D eigenvalue weighted by molar-refractivity contribution is 0.332. The zero-order valence-corrected chi connectivity index (χ0v) is 50.2. The largest absolute Gasteiger partial charge is 0.468 e. The fourth-order valence-corrected chi connectivity index (χ4v) is 16.6. The van der Waals surface area contributed by atoms with Gasteiger partial charge in [0.05, 0.1) is 17.0 Å². The SMILES string of the molecule is [2H]C([2H])([2H])c1ccc(N2c3cc(N(c4ccccc4)c4ccc5c(c4)sc4ccccc45)cc4c3B(c3cc5c(cc3N4c3ccc4c(c3)C(C)(C)CCC4(C)C)C(C)(C)CCC5(C)C)c3oc4cc5c(cc4c32)C(C)(C)CCC5(C)C)cc1. The summed E-state index contributed by atoms with van der Waals surface area (Å²) in [4.78, 5) is 7.54. The van der Waals surface area contributed by atoms with Gasteiger partial charge in [-0.15, -0.1) is 11.3 Å². The predicted molar refractivity (Wildman–Crippen MR) is 348 cm³/mol. The van der Waals surface area contributed by atoms with Gasteiger partial charge < -0.3 is 19.1 Å². The van der Waals surface area contributed by atoms with Crippen LogP contribution in [0.1, 0.15) is 165 Å². The van der Waals surface area contributed by atoms with Crippen LogP contribution in [0.3, 0.4) is 0 Å². The minimum Gasteiger partial charge on any atom is -0.468 e. The number of hydrogen-bond acceptors (Lipinski definition) is 5. The van der Waals surface area contributed by atoms with Crippen molar-refractivity contribution in [2.45, 2.75) is 161 Å². The summed E-state index contributed by atoms with van der Waals surface area (Å²) in [7, 11) is 0. The summed E-state index contributed by atoms with van der Waals surface area (Å²) < 4.78 is 36.0. The molecule has 0 bridgehead atoms. The molecule has 0 N–H and O–H groups in total. The van der Waals surface area contributed by atoms with Gasteiger partial charge in [0.15, 0.2) is 0 Å². The van der Waals surface area contributed by atoms with Crippen LogP contribution in [0, 0.1) is 6.85 Å². The van der Waals surface area contributed by atoms with Crippen LogP contribution in [0.2, 0.25) is 0 Å². The van der Waals surface area contributed by atoms with Crippen molar-refractivity contribution in [3.05, 3.63) is 191 Å². The average molecular weight is 1080 g/mol. The molecule has 8 aromatic carbocycles. The molecule has 81 heavy (non-hydrogen) atoms. The minimum atomic E-state index is -2.27. The summed E-state index contributed by atoms with van der Waals surface area (Å²) in [6, 6.07) is 56.7. The van der Waals surface area contributed by atoms with Crippen LogP contribution in [0.4, 0.5) is 51.2 Å². The van der Waals surface area contributed by atoms with E-state index in [1.165, 1.54) is 70.2 Å². The Balaban J connectivity index is 1.11. The summed E-state index contributed by atoms with van der Waals surface area (Å²) in [6.07, 6.45) is 6.60. The third kappa shape index (κ3) is 7.53. The van der Waals surface area contributed by atoms with Crippen molar-refractivity contribution in [3.8, 4) is 0 Å². The maximum atomic E-state index is 8.56. The lowest BCUT2D eigenvalue weighted by Crippen LogP contribution is -2.61. The van der Waals surface area contributed by atoms with E-state index in [1.807, 2.05) is 35.6 Å². The maximum Gasteiger partial charge on any atom is 0.297 e. The second-order valence-corrected chi connectivity index (χ2v) is 29.8. The van der Waals surface area contributed by atoms with E-state index in [9.17, 15) is 0 Å². The van der Waals surface area contributed by atoms with E-state index in [-0.39, 0.29) is 39.2 Å². The Kier molecular flexibility index (Phi) is 10.0. The van der Waals surface area contributed by atoms with Crippen molar-refractivity contribution in [1.82, 2.24) is 0 Å². The second kappa shape index (κ2) is 17.0. The van der Waals surface area contributed by atoms with E-state index in [0.717, 1.165) is 101 Å². The fourth-order valence-electron chi connectivity index (χ4n) is 15.5. The van der Waals surface area contributed by atoms with Crippen molar-refractivity contribution in [3.63, 3.8) is 0 Å². The van der Waals surface area contributed by atoms with Crippen LogP contribution >= 0.6 is 11.3 Å².